The summed E-state index contributed by atoms with van der Waals surface area (Å²) in [5.41, 5.74) is 1.57. The van der Waals surface area contributed by atoms with Crippen LogP contribution in [-0.4, -0.2) is 13.1 Å². The first-order chi connectivity index (χ1) is 10.6. The third-order valence-electron chi connectivity index (χ3n) is 3.65. The van der Waals surface area contributed by atoms with Gasteiger partial charge in [-0.15, -0.1) is 0 Å². The first-order valence-corrected chi connectivity index (χ1v) is 8.29. The molecule has 0 fully saturated rings. The first-order valence-electron chi connectivity index (χ1n) is 7.21. The molecule has 2 rings (SSSR count). The highest BCUT2D eigenvalue weighted by atomic mass is 127. The van der Waals surface area contributed by atoms with E-state index in [0.29, 0.717) is 17.2 Å². The standard InChI is InChI=1S/C18H19IO3/c1-4-12(2)14-7-5-6-8-16(14)22-18(20)13-9-10-17(21-3)15(19)11-13/h5-12H,4H2,1-3H3/t12-/m1/s1. The topological polar surface area (TPSA) is 35.5 Å². The van der Waals surface area contributed by atoms with Crippen LogP contribution in [0.5, 0.6) is 11.5 Å². The van der Waals surface area contributed by atoms with E-state index in [-0.39, 0.29) is 5.97 Å². The number of benzene rings is 2. The van der Waals surface area contributed by atoms with Crippen molar-refractivity contribution in [1.29, 1.82) is 0 Å². The van der Waals surface area contributed by atoms with Gasteiger partial charge in [-0.3, -0.25) is 0 Å². The average Bonchev–Trinajstić information content (AvgIpc) is 2.54. The minimum Gasteiger partial charge on any atom is -0.496 e. The van der Waals surface area contributed by atoms with Crippen molar-refractivity contribution in [2.45, 2.75) is 26.2 Å². The van der Waals surface area contributed by atoms with Gasteiger partial charge >= 0.3 is 5.97 Å². The number of esters is 1. The maximum atomic E-state index is 12.4. The highest BCUT2D eigenvalue weighted by molar-refractivity contribution is 14.1. The van der Waals surface area contributed by atoms with E-state index in [2.05, 4.69) is 36.4 Å². The van der Waals surface area contributed by atoms with Crippen LogP contribution in [0.2, 0.25) is 0 Å². The van der Waals surface area contributed by atoms with Gasteiger partial charge < -0.3 is 9.47 Å². The number of carbonyl (C=O) groups is 1. The summed E-state index contributed by atoms with van der Waals surface area (Å²) in [5, 5.41) is 0. The molecular weight excluding hydrogens is 391 g/mol. The molecule has 2 aromatic rings. The van der Waals surface area contributed by atoms with Gasteiger partial charge in [0, 0.05) is 0 Å². The van der Waals surface area contributed by atoms with Crippen LogP contribution in [0.25, 0.3) is 0 Å². The summed E-state index contributed by atoms with van der Waals surface area (Å²) in [6, 6.07) is 13.0. The Labute approximate surface area is 144 Å². The molecule has 0 aromatic heterocycles. The van der Waals surface area contributed by atoms with Gasteiger partial charge in [0.15, 0.2) is 0 Å². The molecule has 0 heterocycles. The summed E-state index contributed by atoms with van der Waals surface area (Å²) < 4.78 is 11.7. The predicted octanol–water partition coefficient (Wildman–Crippen LogP) is 5.03. The number of hydrogen-bond donors (Lipinski definition) is 0. The first kappa shape index (κ1) is 16.8. The zero-order chi connectivity index (χ0) is 16.1. The van der Waals surface area contributed by atoms with Crippen molar-refractivity contribution in [3.05, 3.63) is 57.2 Å². The van der Waals surface area contributed by atoms with Gasteiger partial charge in [0.05, 0.1) is 16.2 Å². The summed E-state index contributed by atoms with van der Waals surface area (Å²) in [6.45, 7) is 4.25. The predicted molar refractivity (Wildman–Crippen MR) is 95.8 cm³/mol. The molecule has 22 heavy (non-hydrogen) atoms. The zero-order valence-corrected chi connectivity index (χ0v) is 15.1. The highest BCUT2D eigenvalue weighted by Gasteiger charge is 2.15. The summed E-state index contributed by atoms with van der Waals surface area (Å²) in [4.78, 5) is 12.4. The number of rotatable bonds is 5. The Kier molecular flexibility index (Phi) is 5.83. The second-order valence-corrected chi connectivity index (χ2v) is 6.25. The lowest BCUT2D eigenvalue weighted by Crippen LogP contribution is -2.11. The van der Waals surface area contributed by atoms with Gasteiger partial charge in [0.25, 0.3) is 0 Å². The minimum atomic E-state index is -0.351. The monoisotopic (exact) mass is 410 g/mol. The Hall–Kier alpha value is -1.56. The van der Waals surface area contributed by atoms with Crippen molar-refractivity contribution >= 4 is 28.6 Å². The molecule has 0 radical (unpaired) electrons. The molecule has 0 N–H and O–H groups in total. The number of ether oxygens (including phenoxy) is 2. The fourth-order valence-electron chi connectivity index (χ4n) is 2.15. The van der Waals surface area contributed by atoms with Crippen molar-refractivity contribution in [2.75, 3.05) is 7.11 Å². The quantitative estimate of drug-likeness (QED) is 0.394. The summed E-state index contributed by atoms with van der Waals surface area (Å²) in [7, 11) is 1.61. The van der Waals surface area contributed by atoms with Crippen molar-refractivity contribution in [2.24, 2.45) is 0 Å². The normalized spacial score (nSPS) is 11.8. The molecule has 4 heteroatoms. The number of carbonyl (C=O) groups excluding carboxylic acids is 1. The summed E-state index contributed by atoms with van der Waals surface area (Å²) in [5.74, 6) is 1.38. The molecule has 2 aromatic carbocycles. The Balaban J connectivity index is 2.24. The van der Waals surface area contributed by atoms with E-state index in [1.165, 1.54) is 0 Å². The average molecular weight is 410 g/mol. The van der Waals surface area contributed by atoms with Crippen LogP contribution in [0.1, 0.15) is 42.1 Å². The smallest absolute Gasteiger partial charge is 0.343 e. The summed E-state index contributed by atoms with van der Waals surface area (Å²) in [6.07, 6.45) is 0.995. The number of halogens is 1. The maximum Gasteiger partial charge on any atom is 0.343 e. The van der Waals surface area contributed by atoms with Crippen molar-refractivity contribution < 1.29 is 14.3 Å². The second kappa shape index (κ2) is 7.63. The van der Waals surface area contributed by atoms with E-state index >= 15 is 0 Å². The van der Waals surface area contributed by atoms with E-state index < -0.39 is 0 Å². The van der Waals surface area contributed by atoms with Gasteiger partial charge in [0.1, 0.15) is 11.5 Å². The van der Waals surface area contributed by atoms with Crippen molar-refractivity contribution in [3.8, 4) is 11.5 Å². The Morgan fingerprint density at radius 3 is 2.55 bits per heavy atom. The van der Waals surface area contributed by atoms with Crippen LogP contribution in [0, 0.1) is 3.57 Å². The number of hydrogen-bond acceptors (Lipinski definition) is 3. The van der Waals surface area contributed by atoms with Gasteiger partial charge in [-0.2, -0.15) is 0 Å². The van der Waals surface area contributed by atoms with Gasteiger partial charge in [-0.1, -0.05) is 32.0 Å². The molecule has 0 aliphatic heterocycles. The molecule has 0 spiro atoms. The zero-order valence-electron chi connectivity index (χ0n) is 12.9. The van der Waals surface area contributed by atoms with Gasteiger partial charge in [-0.25, -0.2) is 4.79 Å². The fraction of sp³-hybridized carbons (Fsp3) is 0.278. The Bertz CT molecular complexity index is 667. The fourth-order valence-corrected chi connectivity index (χ4v) is 2.89. The van der Waals surface area contributed by atoms with E-state index in [1.54, 1.807) is 25.3 Å². The molecule has 1 atom stereocenters. The lowest BCUT2D eigenvalue weighted by Gasteiger charge is -2.14. The molecule has 0 aliphatic carbocycles. The SMILES string of the molecule is CC[C@@H](C)c1ccccc1OC(=O)c1ccc(OC)c(I)c1. The summed E-state index contributed by atoms with van der Waals surface area (Å²) >= 11 is 2.14. The van der Waals surface area contributed by atoms with Crippen molar-refractivity contribution in [1.82, 2.24) is 0 Å². The third kappa shape index (κ3) is 3.80. The van der Waals surface area contributed by atoms with E-state index in [1.807, 2.05) is 24.3 Å². The van der Waals surface area contributed by atoms with Crippen LogP contribution in [0.15, 0.2) is 42.5 Å². The molecule has 3 nitrogen and oxygen atoms in total. The second-order valence-electron chi connectivity index (χ2n) is 5.09. The molecule has 116 valence electrons. The Morgan fingerprint density at radius 2 is 1.91 bits per heavy atom. The molecule has 0 aliphatic rings. The molecule has 0 saturated carbocycles. The largest absolute Gasteiger partial charge is 0.496 e. The van der Waals surface area contributed by atoms with E-state index in [9.17, 15) is 4.79 Å². The molecule has 0 unspecified atom stereocenters. The van der Waals surface area contributed by atoms with Crippen LogP contribution >= 0.6 is 22.6 Å². The highest BCUT2D eigenvalue weighted by Crippen LogP contribution is 2.29. The van der Waals surface area contributed by atoms with E-state index in [4.69, 9.17) is 9.47 Å². The number of methoxy groups -OCH3 is 1. The van der Waals surface area contributed by atoms with Gasteiger partial charge in [-0.05, 0) is 64.8 Å². The third-order valence-corrected chi connectivity index (χ3v) is 4.50. The lowest BCUT2D eigenvalue weighted by molar-refractivity contribution is 0.0732. The van der Waals surface area contributed by atoms with Crippen LogP contribution in [0.4, 0.5) is 0 Å². The Morgan fingerprint density at radius 1 is 1.18 bits per heavy atom. The lowest BCUT2D eigenvalue weighted by atomic mass is 9.98. The minimum absolute atomic E-state index is 0.347. The van der Waals surface area contributed by atoms with Crippen LogP contribution in [-0.2, 0) is 0 Å². The van der Waals surface area contributed by atoms with Crippen molar-refractivity contribution in [3.63, 3.8) is 0 Å². The van der Waals surface area contributed by atoms with Gasteiger partial charge in [0.2, 0.25) is 0 Å². The molecule has 0 saturated heterocycles. The maximum absolute atomic E-state index is 12.4. The molecule has 0 bridgehead atoms. The van der Waals surface area contributed by atoms with Crippen LogP contribution in [0.3, 0.4) is 0 Å². The van der Waals surface area contributed by atoms with E-state index in [0.717, 1.165) is 21.3 Å². The van der Waals surface area contributed by atoms with Crippen LogP contribution < -0.4 is 9.47 Å². The number of para-hydroxylation sites is 1. The molecular formula is C18H19IO3. The molecule has 0 amide bonds.